The molecule has 2 atom stereocenters. The van der Waals surface area contributed by atoms with E-state index in [1.807, 2.05) is 0 Å². The standard InChI is InChI=1S/C16H28N2O2/c1-20-15(19)16(17-13-6-7-13)9-8-14(12-16)18-10-4-2-3-5-11-18/h13-14,17H,2-12H2,1H3. The zero-order valence-corrected chi connectivity index (χ0v) is 12.7. The van der Waals surface area contributed by atoms with E-state index < -0.39 is 5.54 Å². The van der Waals surface area contributed by atoms with Gasteiger partial charge in [-0.15, -0.1) is 0 Å². The molecule has 20 heavy (non-hydrogen) atoms. The number of nitrogens with zero attached hydrogens (tertiary/aromatic N) is 1. The molecule has 1 N–H and O–H groups in total. The molecule has 0 aromatic carbocycles. The molecule has 3 fully saturated rings. The van der Waals surface area contributed by atoms with Crippen LogP contribution in [0.2, 0.25) is 0 Å². The molecular formula is C16H28N2O2. The van der Waals surface area contributed by atoms with Gasteiger partial charge in [0.25, 0.3) is 0 Å². The van der Waals surface area contributed by atoms with Crippen LogP contribution in [0.1, 0.15) is 57.8 Å². The first-order chi connectivity index (χ1) is 9.73. The van der Waals surface area contributed by atoms with Gasteiger partial charge in [-0.05, 0) is 58.0 Å². The van der Waals surface area contributed by atoms with Crippen molar-refractivity contribution in [3.63, 3.8) is 0 Å². The van der Waals surface area contributed by atoms with Gasteiger partial charge in [0.2, 0.25) is 0 Å². The Morgan fingerprint density at radius 3 is 2.45 bits per heavy atom. The fraction of sp³-hybridized carbons (Fsp3) is 0.938. The molecule has 1 saturated heterocycles. The molecule has 3 aliphatic rings. The summed E-state index contributed by atoms with van der Waals surface area (Å²) in [6.45, 7) is 2.43. The van der Waals surface area contributed by atoms with Gasteiger partial charge in [0.05, 0.1) is 7.11 Å². The Hall–Kier alpha value is -0.610. The lowest BCUT2D eigenvalue weighted by atomic mass is 9.96. The van der Waals surface area contributed by atoms with Crippen molar-refractivity contribution in [2.45, 2.75) is 75.4 Å². The Bertz CT molecular complexity index is 348. The number of carbonyl (C=O) groups is 1. The molecule has 0 spiro atoms. The lowest BCUT2D eigenvalue weighted by Crippen LogP contribution is -2.53. The molecular weight excluding hydrogens is 252 g/mol. The van der Waals surface area contributed by atoms with Crippen LogP contribution in [0.3, 0.4) is 0 Å². The van der Waals surface area contributed by atoms with Crippen LogP contribution in [0, 0.1) is 0 Å². The summed E-state index contributed by atoms with van der Waals surface area (Å²) >= 11 is 0. The molecule has 4 heteroatoms. The lowest BCUT2D eigenvalue weighted by molar-refractivity contribution is -0.148. The van der Waals surface area contributed by atoms with Gasteiger partial charge in [-0.2, -0.15) is 0 Å². The predicted octanol–water partition coefficient (Wildman–Crippen LogP) is 2.08. The average molecular weight is 280 g/mol. The minimum atomic E-state index is -0.396. The van der Waals surface area contributed by atoms with E-state index >= 15 is 0 Å². The second-order valence-corrected chi connectivity index (χ2v) is 6.84. The van der Waals surface area contributed by atoms with Crippen molar-refractivity contribution >= 4 is 5.97 Å². The van der Waals surface area contributed by atoms with Gasteiger partial charge >= 0.3 is 5.97 Å². The molecule has 0 amide bonds. The highest BCUT2D eigenvalue weighted by Gasteiger charge is 2.49. The molecule has 2 saturated carbocycles. The maximum atomic E-state index is 12.3. The van der Waals surface area contributed by atoms with Crippen molar-refractivity contribution in [1.29, 1.82) is 0 Å². The Morgan fingerprint density at radius 2 is 1.85 bits per heavy atom. The molecule has 4 nitrogen and oxygen atoms in total. The number of nitrogens with one attached hydrogen (secondary N) is 1. The van der Waals surface area contributed by atoms with Crippen molar-refractivity contribution in [2.75, 3.05) is 20.2 Å². The van der Waals surface area contributed by atoms with E-state index in [0.717, 1.165) is 19.3 Å². The lowest BCUT2D eigenvalue weighted by Gasteiger charge is -2.31. The van der Waals surface area contributed by atoms with Gasteiger partial charge < -0.3 is 9.64 Å². The van der Waals surface area contributed by atoms with E-state index in [0.29, 0.717) is 12.1 Å². The maximum Gasteiger partial charge on any atom is 0.326 e. The summed E-state index contributed by atoms with van der Waals surface area (Å²) < 4.78 is 5.11. The maximum absolute atomic E-state index is 12.3. The van der Waals surface area contributed by atoms with Crippen LogP contribution >= 0.6 is 0 Å². The number of carbonyl (C=O) groups excluding carboxylic acids is 1. The average Bonchev–Trinajstić information content (AvgIpc) is 3.22. The molecule has 0 bridgehead atoms. The van der Waals surface area contributed by atoms with Crippen LogP contribution in [0.25, 0.3) is 0 Å². The Labute approximate surface area is 122 Å². The number of hydrogen-bond acceptors (Lipinski definition) is 4. The topological polar surface area (TPSA) is 41.6 Å². The van der Waals surface area contributed by atoms with Crippen molar-refractivity contribution in [3.05, 3.63) is 0 Å². The molecule has 2 unspecified atom stereocenters. The van der Waals surface area contributed by atoms with Gasteiger partial charge in [0, 0.05) is 12.1 Å². The number of ether oxygens (including phenoxy) is 1. The third kappa shape index (κ3) is 3.01. The second-order valence-electron chi connectivity index (χ2n) is 6.84. The molecule has 0 aromatic heterocycles. The quantitative estimate of drug-likeness (QED) is 0.801. The first kappa shape index (κ1) is 14.3. The van der Waals surface area contributed by atoms with E-state index in [9.17, 15) is 4.79 Å². The predicted molar refractivity (Wildman–Crippen MR) is 78.6 cm³/mol. The molecule has 114 valence electrons. The number of methoxy groups -OCH3 is 1. The Balaban J connectivity index is 1.66. The Morgan fingerprint density at radius 1 is 1.15 bits per heavy atom. The van der Waals surface area contributed by atoms with Gasteiger partial charge in [0.1, 0.15) is 5.54 Å². The Kier molecular flexibility index (Phi) is 4.32. The molecule has 0 aromatic rings. The first-order valence-corrected chi connectivity index (χ1v) is 8.34. The summed E-state index contributed by atoms with van der Waals surface area (Å²) in [5.74, 6) is -0.0401. The van der Waals surface area contributed by atoms with Crippen molar-refractivity contribution in [2.24, 2.45) is 0 Å². The van der Waals surface area contributed by atoms with Crippen LogP contribution < -0.4 is 5.32 Å². The number of rotatable bonds is 4. The summed E-state index contributed by atoms with van der Waals surface area (Å²) in [5.41, 5.74) is -0.396. The third-order valence-corrected chi connectivity index (χ3v) is 5.28. The largest absolute Gasteiger partial charge is 0.468 e. The molecule has 1 heterocycles. The number of hydrogen-bond donors (Lipinski definition) is 1. The van der Waals surface area contributed by atoms with Gasteiger partial charge in [-0.1, -0.05) is 12.8 Å². The summed E-state index contributed by atoms with van der Waals surface area (Å²) in [5, 5.41) is 3.60. The highest BCUT2D eigenvalue weighted by molar-refractivity contribution is 5.81. The molecule has 0 radical (unpaired) electrons. The van der Waals surface area contributed by atoms with E-state index in [1.165, 1.54) is 58.7 Å². The third-order valence-electron chi connectivity index (χ3n) is 5.28. The summed E-state index contributed by atoms with van der Waals surface area (Å²) in [7, 11) is 1.53. The van der Waals surface area contributed by atoms with Crippen LogP contribution in [0.5, 0.6) is 0 Å². The van der Waals surface area contributed by atoms with Crippen molar-refractivity contribution < 1.29 is 9.53 Å². The highest BCUT2D eigenvalue weighted by Crippen LogP contribution is 2.37. The van der Waals surface area contributed by atoms with Crippen molar-refractivity contribution in [1.82, 2.24) is 10.2 Å². The monoisotopic (exact) mass is 280 g/mol. The highest BCUT2D eigenvalue weighted by atomic mass is 16.5. The van der Waals surface area contributed by atoms with Gasteiger partial charge in [-0.25, -0.2) is 0 Å². The van der Waals surface area contributed by atoms with Crippen molar-refractivity contribution in [3.8, 4) is 0 Å². The van der Waals surface area contributed by atoms with E-state index in [-0.39, 0.29) is 5.97 Å². The van der Waals surface area contributed by atoms with Crippen LogP contribution in [-0.2, 0) is 9.53 Å². The van der Waals surface area contributed by atoms with E-state index in [4.69, 9.17) is 4.74 Å². The van der Waals surface area contributed by atoms with E-state index in [2.05, 4.69) is 10.2 Å². The smallest absolute Gasteiger partial charge is 0.326 e. The van der Waals surface area contributed by atoms with Crippen LogP contribution in [0.15, 0.2) is 0 Å². The zero-order valence-electron chi connectivity index (χ0n) is 12.7. The normalized spacial score (nSPS) is 35.8. The fourth-order valence-corrected chi connectivity index (χ4v) is 3.98. The van der Waals surface area contributed by atoms with Gasteiger partial charge in [-0.3, -0.25) is 10.1 Å². The molecule has 1 aliphatic heterocycles. The fourth-order valence-electron chi connectivity index (χ4n) is 3.98. The molecule has 3 rings (SSSR count). The minimum Gasteiger partial charge on any atom is -0.468 e. The molecule has 2 aliphatic carbocycles. The van der Waals surface area contributed by atoms with E-state index in [1.54, 1.807) is 0 Å². The first-order valence-electron chi connectivity index (χ1n) is 8.34. The minimum absolute atomic E-state index is 0.0401. The number of likely N-dealkylation sites (tertiary alicyclic amines) is 1. The summed E-state index contributed by atoms with van der Waals surface area (Å²) in [6.07, 6.45) is 10.8. The van der Waals surface area contributed by atoms with Crippen LogP contribution in [0.4, 0.5) is 0 Å². The summed E-state index contributed by atoms with van der Waals surface area (Å²) in [4.78, 5) is 14.9. The summed E-state index contributed by atoms with van der Waals surface area (Å²) in [6, 6.07) is 1.12. The van der Waals surface area contributed by atoms with Crippen LogP contribution in [-0.4, -0.2) is 48.7 Å². The van der Waals surface area contributed by atoms with Gasteiger partial charge in [0.15, 0.2) is 0 Å². The second kappa shape index (κ2) is 6.02. The SMILES string of the molecule is COC(=O)C1(NC2CC2)CCC(N2CCCCCC2)C1. The number of esters is 1. The zero-order chi connectivity index (χ0) is 14.0.